The van der Waals surface area contributed by atoms with Crippen molar-refractivity contribution in [1.29, 1.82) is 0 Å². The first-order chi connectivity index (χ1) is 10.9. The molecule has 8 atom stereocenters. The molecule has 0 heterocycles. The molecule has 0 aliphatic heterocycles. The molecule has 0 aromatic carbocycles. The van der Waals surface area contributed by atoms with Gasteiger partial charge in [-0.2, -0.15) is 0 Å². The third-order valence-corrected chi connectivity index (χ3v) is 8.76. The van der Waals surface area contributed by atoms with Crippen molar-refractivity contribution in [2.45, 2.75) is 71.8 Å². The molecule has 0 radical (unpaired) electrons. The summed E-state index contributed by atoms with van der Waals surface area (Å²) in [5.41, 5.74) is 6.94. The van der Waals surface area contributed by atoms with Gasteiger partial charge in [0.25, 0.3) is 0 Å². The Morgan fingerprint density at radius 3 is 2.30 bits per heavy atom. The summed E-state index contributed by atoms with van der Waals surface area (Å²) in [5, 5.41) is 20.0. The minimum Gasteiger partial charge on any atom is -0.396 e. The van der Waals surface area contributed by atoms with Gasteiger partial charge in [0.2, 0.25) is 0 Å². The maximum absolute atomic E-state index is 10.1. The van der Waals surface area contributed by atoms with Gasteiger partial charge < -0.3 is 15.9 Å². The van der Waals surface area contributed by atoms with Crippen LogP contribution in [0.5, 0.6) is 0 Å². The molecule has 3 nitrogen and oxygen atoms in total. The molecule has 3 aliphatic rings. The smallest absolute Gasteiger partial charge is 0.0544 e. The van der Waals surface area contributed by atoms with Gasteiger partial charge in [-0.05, 0) is 91.9 Å². The van der Waals surface area contributed by atoms with Crippen LogP contribution in [-0.2, 0) is 0 Å². The molecule has 3 aliphatic carbocycles. The lowest BCUT2D eigenvalue weighted by molar-refractivity contribution is -0.100. The second kappa shape index (κ2) is 6.31. The average Bonchev–Trinajstić information content (AvgIpc) is 2.84. The van der Waals surface area contributed by atoms with Gasteiger partial charge in [-0.1, -0.05) is 20.8 Å². The van der Waals surface area contributed by atoms with E-state index in [2.05, 4.69) is 20.8 Å². The van der Waals surface area contributed by atoms with Gasteiger partial charge in [0.15, 0.2) is 0 Å². The Labute approximate surface area is 142 Å². The summed E-state index contributed by atoms with van der Waals surface area (Å²) < 4.78 is 0. The molecule has 0 amide bonds. The standard InChI is InChI=1S/C20H37NO2/c1-13-4-5-17-16(11-21)18(7-9-19(13,17)2)20(3)8-6-15(23)10-14(20)12-22/h13-18,22-23H,4-12,21H2,1-3H3/t13?,14-,15+,16+,17?,18?,19-,20+/m1/s1. The topological polar surface area (TPSA) is 66.5 Å². The average molecular weight is 324 g/mol. The van der Waals surface area contributed by atoms with E-state index in [9.17, 15) is 10.2 Å². The first-order valence-corrected chi connectivity index (χ1v) is 9.85. The van der Waals surface area contributed by atoms with E-state index in [-0.39, 0.29) is 24.0 Å². The molecule has 3 saturated carbocycles. The van der Waals surface area contributed by atoms with Crippen LogP contribution in [0.2, 0.25) is 0 Å². The van der Waals surface area contributed by atoms with E-state index in [1.165, 1.54) is 25.7 Å². The lowest BCUT2D eigenvalue weighted by atomic mass is 9.49. The molecule has 0 bridgehead atoms. The van der Waals surface area contributed by atoms with Crippen molar-refractivity contribution in [3.05, 3.63) is 0 Å². The molecule has 134 valence electrons. The second-order valence-electron chi connectivity index (χ2n) is 9.45. The normalized spacial score (nSPS) is 54.0. The van der Waals surface area contributed by atoms with E-state index in [4.69, 9.17) is 5.73 Å². The van der Waals surface area contributed by atoms with Crippen LogP contribution in [0.4, 0.5) is 0 Å². The largest absolute Gasteiger partial charge is 0.396 e. The van der Waals surface area contributed by atoms with E-state index < -0.39 is 0 Å². The molecule has 0 spiro atoms. The monoisotopic (exact) mass is 323 g/mol. The third-order valence-electron chi connectivity index (χ3n) is 8.76. The van der Waals surface area contributed by atoms with Crippen molar-refractivity contribution < 1.29 is 10.2 Å². The number of hydrogen-bond donors (Lipinski definition) is 3. The third kappa shape index (κ3) is 2.67. The highest BCUT2D eigenvalue weighted by atomic mass is 16.3. The van der Waals surface area contributed by atoms with Gasteiger partial charge in [-0.15, -0.1) is 0 Å². The first-order valence-electron chi connectivity index (χ1n) is 9.85. The number of fused-ring (bicyclic) bond motifs is 1. The van der Waals surface area contributed by atoms with E-state index in [1.807, 2.05) is 0 Å². The number of rotatable bonds is 3. The van der Waals surface area contributed by atoms with E-state index >= 15 is 0 Å². The maximum Gasteiger partial charge on any atom is 0.0544 e. The van der Waals surface area contributed by atoms with Crippen molar-refractivity contribution in [3.63, 3.8) is 0 Å². The van der Waals surface area contributed by atoms with Crippen LogP contribution in [0.15, 0.2) is 0 Å². The Bertz CT molecular complexity index is 428. The molecule has 0 saturated heterocycles. The number of hydrogen-bond acceptors (Lipinski definition) is 3. The van der Waals surface area contributed by atoms with Crippen molar-refractivity contribution in [2.75, 3.05) is 13.2 Å². The highest BCUT2D eigenvalue weighted by Crippen LogP contribution is 2.63. The molecule has 4 N–H and O–H groups in total. The SMILES string of the molecule is CC1CCC2[C@H](CN)C([C@@]3(C)CC[C@H](O)C[C@@H]3CO)CC[C@]12C. The van der Waals surface area contributed by atoms with Gasteiger partial charge in [-0.3, -0.25) is 0 Å². The fourth-order valence-corrected chi connectivity index (χ4v) is 6.87. The van der Waals surface area contributed by atoms with E-state index in [0.717, 1.165) is 37.6 Å². The quantitative estimate of drug-likeness (QED) is 0.747. The first kappa shape index (κ1) is 17.7. The number of aliphatic hydroxyl groups is 2. The van der Waals surface area contributed by atoms with Crippen LogP contribution in [0.3, 0.4) is 0 Å². The molecule has 3 rings (SSSR count). The molecule has 0 aromatic heterocycles. The summed E-state index contributed by atoms with van der Waals surface area (Å²) in [6.07, 6.45) is 7.72. The van der Waals surface area contributed by atoms with Gasteiger partial charge in [-0.25, -0.2) is 0 Å². The summed E-state index contributed by atoms with van der Waals surface area (Å²) in [6.45, 7) is 8.32. The zero-order valence-electron chi connectivity index (χ0n) is 15.3. The lowest BCUT2D eigenvalue weighted by Gasteiger charge is -2.57. The number of aliphatic hydroxyl groups excluding tert-OH is 2. The fraction of sp³-hybridized carbons (Fsp3) is 1.00. The molecule has 3 heteroatoms. The summed E-state index contributed by atoms with van der Waals surface area (Å²) in [7, 11) is 0. The Kier molecular flexibility index (Phi) is 4.85. The summed E-state index contributed by atoms with van der Waals surface area (Å²) in [6, 6.07) is 0. The lowest BCUT2D eigenvalue weighted by Crippen LogP contribution is -2.53. The second-order valence-corrected chi connectivity index (χ2v) is 9.45. The van der Waals surface area contributed by atoms with Crippen molar-refractivity contribution in [1.82, 2.24) is 0 Å². The van der Waals surface area contributed by atoms with Crippen LogP contribution in [0.1, 0.15) is 65.7 Å². The van der Waals surface area contributed by atoms with Crippen LogP contribution in [0.25, 0.3) is 0 Å². The Morgan fingerprint density at radius 1 is 1.00 bits per heavy atom. The van der Waals surface area contributed by atoms with Crippen molar-refractivity contribution in [2.24, 2.45) is 46.2 Å². The van der Waals surface area contributed by atoms with Gasteiger partial charge in [0.1, 0.15) is 0 Å². The summed E-state index contributed by atoms with van der Waals surface area (Å²) in [5.74, 6) is 3.00. The zero-order valence-corrected chi connectivity index (χ0v) is 15.3. The predicted molar refractivity (Wildman–Crippen MR) is 93.8 cm³/mol. The van der Waals surface area contributed by atoms with E-state index in [0.29, 0.717) is 17.3 Å². The molecule has 3 unspecified atom stereocenters. The highest BCUT2D eigenvalue weighted by molar-refractivity contribution is 5.06. The van der Waals surface area contributed by atoms with Gasteiger partial charge in [0, 0.05) is 6.61 Å². The Balaban J connectivity index is 1.87. The fourth-order valence-electron chi connectivity index (χ4n) is 6.87. The molecule has 0 aromatic rings. The predicted octanol–water partition coefficient (Wildman–Crippen LogP) is 3.18. The Hall–Kier alpha value is -0.120. The van der Waals surface area contributed by atoms with Crippen LogP contribution in [0, 0.1) is 40.4 Å². The van der Waals surface area contributed by atoms with Crippen molar-refractivity contribution in [3.8, 4) is 0 Å². The minimum absolute atomic E-state index is 0.144. The van der Waals surface area contributed by atoms with Crippen LogP contribution < -0.4 is 5.73 Å². The highest BCUT2D eigenvalue weighted by Gasteiger charge is 2.57. The number of nitrogens with two attached hydrogens (primary N) is 1. The minimum atomic E-state index is -0.225. The van der Waals surface area contributed by atoms with Crippen LogP contribution in [-0.4, -0.2) is 29.5 Å². The molecular formula is C20H37NO2. The summed E-state index contributed by atoms with van der Waals surface area (Å²) in [4.78, 5) is 0. The summed E-state index contributed by atoms with van der Waals surface area (Å²) >= 11 is 0. The van der Waals surface area contributed by atoms with Gasteiger partial charge in [0.05, 0.1) is 6.10 Å². The van der Waals surface area contributed by atoms with Crippen LogP contribution >= 0.6 is 0 Å². The van der Waals surface area contributed by atoms with Gasteiger partial charge >= 0.3 is 0 Å². The Morgan fingerprint density at radius 2 is 1.65 bits per heavy atom. The maximum atomic E-state index is 10.1. The zero-order chi connectivity index (χ0) is 16.8. The van der Waals surface area contributed by atoms with E-state index in [1.54, 1.807) is 0 Å². The van der Waals surface area contributed by atoms with Crippen molar-refractivity contribution >= 4 is 0 Å². The molecule has 3 fully saturated rings. The molecular weight excluding hydrogens is 286 g/mol. The molecule has 23 heavy (non-hydrogen) atoms.